The summed E-state index contributed by atoms with van der Waals surface area (Å²) in [7, 11) is 0. The molecule has 7 heteroatoms. The van der Waals surface area contributed by atoms with Gasteiger partial charge in [-0.05, 0) is 47.0 Å². The maximum atomic E-state index is 12.4. The monoisotopic (exact) mass is 418 g/mol. The highest BCUT2D eigenvalue weighted by Crippen LogP contribution is 2.27. The maximum absolute atomic E-state index is 12.4. The van der Waals surface area contributed by atoms with Gasteiger partial charge in [-0.25, -0.2) is 9.59 Å². The standard InChI is InChI=1S/C14H16Br2N2O3/c15-9-5-6-11(10(16)8-9)17-14(21)18-7-3-1-2-4-12(18)13(19)20/h5-6,8,12H,1-4,7H2,(H,17,21)(H,19,20). The molecule has 0 spiro atoms. The number of carboxylic acid groups (broad SMARTS) is 1. The molecule has 1 aliphatic heterocycles. The number of nitrogens with zero attached hydrogens (tertiary/aromatic N) is 1. The van der Waals surface area contributed by atoms with Gasteiger partial charge in [-0.3, -0.25) is 0 Å². The van der Waals surface area contributed by atoms with Crippen molar-refractivity contribution in [1.82, 2.24) is 4.90 Å². The number of amides is 2. The molecule has 1 heterocycles. The summed E-state index contributed by atoms with van der Waals surface area (Å²) < 4.78 is 1.64. The summed E-state index contributed by atoms with van der Waals surface area (Å²) in [6, 6.07) is 4.29. The van der Waals surface area contributed by atoms with Gasteiger partial charge in [0, 0.05) is 15.5 Å². The fourth-order valence-corrected chi connectivity index (χ4v) is 3.53. The van der Waals surface area contributed by atoms with E-state index in [9.17, 15) is 14.7 Å². The third-order valence-corrected chi connectivity index (χ3v) is 4.62. The normalized spacial score (nSPS) is 19.0. The molecule has 1 aromatic rings. The molecular formula is C14H16Br2N2O3. The molecule has 1 unspecified atom stereocenters. The zero-order valence-corrected chi connectivity index (χ0v) is 14.5. The Labute approximate surface area is 140 Å². The van der Waals surface area contributed by atoms with Crippen LogP contribution >= 0.6 is 31.9 Å². The Kier molecular flexibility index (Phi) is 5.64. The van der Waals surface area contributed by atoms with Gasteiger partial charge in [0.1, 0.15) is 6.04 Å². The number of hydrogen-bond donors (Lipinski definition) is 2. The predicted octanol–water partition coefficient (Wildman–Crippen LogP) is 4.07. The number of hydrogen-bond acceptors (Lipinski definition) is 2. The smallest absolute Gasteiger partial charge is 0.326 e. The van der Waals surface area contributed by atoms with Crippen LogP contribution in [0.1, 0.15) is 25.7 Å². The maximum Gasteiger partial charge on any atom is 0.326 e. The molecule has 21 heavy (non-hydrogen) atoms. The Morgan fingerprint density at radius 1 is 1.24 bits per heavy atom. The Morgan fingerprint density at radius 3 is 2.67 bits per heavy atom. The van der Waals surface area contributed by atoms with Crippen molar-refractivity contribution in [2.75, 3.05) is 11.9 Å². The third kappa shape index (κ3) is 4.20. The van der Waals surface area contributed by atoms with E-state index in [1.54, 1.807) is 6.07 Å². The number of urea groups is 1. The minimum Gasteiger partial charge on any atom is -0.480 e. The van der Waals surface area contributed by atoms with Gasteiger partial charge in [0.25, 0.3) is 0 Å². The van der Waals surface area contributed by atoms with Gasteiger partial charge < -0.3 is 15.3 Å². The van der Waals surface area contributed by atoms with Gasteiger partial charge in [0.05, 0.1) is 5.69 Å². The first kappa shape index (κ1) is 16.3. The number of benzene rings is 1. The second-order valence-electron chi connectivity index (χ2n) is 4.95. The van der Waals surface area contributed by atoms with Crippen LogP contribution in [0.3, 0.4) is 0 Å². The molecule has 0 bridgehead atoms. The van der Waals surface area contributed by atoms with Crippen LogP contribution < -0.4 is 5.32 Å². The Balaban J connectivity index is 2.14. The molecule has 1 atom stereocenters. The molecule has 2 rings (SSSR count). The molecule has 1 aliphatic rings. The van der Waals surface area contributed by atoms with Crippen molar-refractivity contribution in [2.45, 2.75) is 31.7 Å². The fourth-order valence-electron chi connectivity index (χ4n) is 2.39. The molecule has 0 aromatic heterocycles. The summed E-state index contributed by atoms with van der Waals surface area (Å²) in [5, 5.41) is 12.1. The highest BCUT2D eigenvalue weighted by Gasteiger charge is 2.30. The average molecular weight is 420 g/mol. The number of anilines is 1. The Hall–Kier alpha value is -1.08. The van der Waals surface area contributed by atoms with Crippen LogP contribution in [0, 0.1) is 0 Å². The topological polar surface area (TPSA) is 69.6 Å². The summed E-state index contributed by atoms with van der Waals surface area (Å²) in [6.07, 6.45) is 3.13. The molecule has 0 radical (unpaired) electrons. The van der Waals surface area contributed by atoms with Crippen molar-refractivity contribution in [1.29, 1.82) is 0 Å². The Bertz CT molecular complexity index is 551. The van der Waals surface area contributed by atoms with E-state index in [-0.39, 0.29) is 6.03 Å². The summed E-state index contributed by atoms with van der Waals surface area (Å²) in [5.41, 5.74) is 0.622. The molecule has 5 nitrogen and oxygen atoms in total. The van der Waals surface area contributed by atoms with Gasteiger partial charge in [0.2, 0.25) is 0 Å². The molecule has 2 amide bonds. The van der Waals surface area contributed by atoms with Crippen LogP contribution in [-0.4, -0.2) is 34.6 Å². The van der Waals surface area contributed by atoms with Crippen LogP contribution in [0.2, 0.25) is 0 Å². The molecule has 0 saturated carbocycles. The number of halogens is 2. The fraction of sp³-hybridized carbons (Fsp3) is 0.429. The summed E-state index contributed by atoms with van der Waals surface area (Å²) in [5.74, 6) is -0.943. The molecular weight excluding hydrogens is 404 g/mol. The van der Waals surface area contributed by atoms with E-state index in [2.05, 4.69) is 37.2 Å². The number of likely N-dealkylation sites (tertiary alicyclic amines) is 1. The average Bonchev–Trinajstić information content (AvgIpc) is 2.67. The lowest BCUT2D eigenvalue weighted by atomic mass is 10.1. The SMILES string of the molecule is O=C(O)C1CCCCCN1C(=O)Nc1ccc(Br)cc1Br. The first-order valence-electron chi connectivity index (χ1n) is 6.74. The number of carbonyl (C=O) groups is 2. The van der Waals surface area contributed by atoms with Crippen LogP contribution in [0.5, 0.6) is 0 Å². The van der Waals surface area contributed by atoms with Crippen LogP contribution in [-0.2, 0) is 4.79 Å². The van der Waals surface area contributed by atoms with Gasteiger partial charge in [-0.1, -0.05) is 28.8 Å². The minimum absolute atomic E-state index is 0.368. The molecule has 1 aromatic carbocycles. The van der Waals surface area contributed by atoms with Crippen molar-refractivity contribution in [2.24, 2.45) is 0 Å². The number of rotatable bonds is 2. The number of aliphatic carboxylic acids is 1. The molecule has 1 fully saturated rings. The van der Waals surface area contributed by atoms with Crippen molar-refractivity contribution < 1.29 is 14.7 Å². The van der Waals surface area contributed by atoms with Crippen molar-refractivity contribution >= 4 is 49.5 Å². The molecule has 1 saturated heterocycles. The van der Waals surface area contributed by atoms with Gasteiger partial charge in [-0.15, -0.1) is 0 Å². The zero-order chi connectivity index (χ0) is 15.4. The van der Waals surface area contributed by atoms with E-state index in [0.29, 0.717) is 18.7 Å². The first-order valence-corrected chi connectivity index (χ1v) is 8.33. The summed E-state index contributed by atoms with van der Waals surface area (Å²) >= 11 is 6.73. The third-order valence-electron chi connectivity index (χ3n) is 3.47. The lowest BCUT2D eigenvalue weighted by molar-refractivity contribution is -0.142. The number of carbonyl (C=O) groups excluding carboxylic acids is 1. The van der Waals surface area contributed by atoms with E-state index >= 15 is 0 Å². The summed E-state index contributed by atoms with van der Waals surface area (Å²) in [6.45, 7) is 0.469. The van der Waals surface area contributed by atoms with Gasteiger partial charge >= 0.3 is 12.0 Å². The second kappa shape index (κ2) is 7.26. The van der Waals surface area contributed by atoms with E-state index in [4.69, 9.17) is 0 Å². The predicted molar refractivity (Wildman–Crippen MR) is 87.5 cm³/mol. The first-order chi connectivity index (χ1) is 9.99. The molecule has 114 valence electrons. The molecule has 0 aliphatic carbocycles. The largest absolute Gasteiger partial charge is 0.480 e. The molecule has 2 N–H and O–H groups in total. The lowest BCUT2D eigenvalue weighted by Gasteiger charge is -2.27. The highest BCUT2D eigenvalue weighted by atomic mass is 79.9. The zero-order valence-electron chi connectivity index (χ0n) is 11.3. The number of carboxylic acids is 1. The lowest BCUT2D eigenvalue weighted by Crippen LogP contribution is -2.46. The van der Waals surface area contributed by atoms with Crippen molar-refractivity contribution in [3.8, 4) is 0 Å². The Morgan fingerprint density at radius 2 is 2.00 bits per heavy atom. The van der Waals surface area contributed by atoms with Crippen LogP contribution in [0.4, 0.5) is 10.5 Å². The van der Waals surface area contributed by atoms with E-state index in [1.165, 1.54) is 4.90 Å². The van der Waals surface area contributed by atoms with Crippen LogP contribution in [0.15, 0.2) is 27.1 Å². The van der Waals surface area contributed by atoms with E-state index in [1.807, 2.05) is 12.1 Å². The second-order valence-corrected chi connectivity index (χ2v) is 6.72. The van der Waals surface area contributed by atoms with Crippen LogP contribution in [0.25, 0.3) is 0 Å². The quantitative estimate of drug-likeness (QED) is 0.758. The van der Waals surface area contributed by atoms with Crippen molar-refractivity contribution in [3.63, 3.8) is 0 Å². The van der Waals surface area contributed by atoms with E-state index in [0.717, 1.165) is 28.2 Å². The number of nitrogens with one attached hydrogen (secondary N) is 1. The highest BCUT2D eigenvalue weighted by molar-refractivity contribution is 9.11. The van der Waals surface area contributed by atoms with E-state index < -0.39 is 12.0 Å². The van der Waals surface area contributed by atoms with Gasteiger partial charge in [-0.2, -0.15) is 0 Å². The minimum atomic E-state index is -0.943. The summed E-state index contributed by atoms with van der Waals surface area (Å²) in [4.78, 5) is 25.2. The van der Waals surface area contributed by atoms with Crippen molar-refractivity contribution in [3.05, 3.63) is 27.1 Å². The van der Waals surface area contributed by atoms with Gasteiger partial charge in [0.15, 0.2) is 0 Å².